The highest BCUT2D eigenvalue weighted by molar-refractivity contribution is 6.68. The smallest absolute Gasteiger partial charge is 0.223 e. The first-order valence-corrected chi connectivity index (χ1v) is 7.49. The Morgan fingerprint density at radius 3 is 2.05 bits per heavy atom. The van der Waals surface area contributed by atoms with E-state index in [1.807, 2.05) is 18.2 Å². The lowest BCUT2D eigenvalue weighted by atomic mass is 10.1. The molecular weight excluding hydrogens is 395 g/mol. The fourth-order valence-corrected chi connectivity index (χ4v) is 2.67. The summed E-state index contributed by atoms with van der Waals surface area (Å²) in [5.41, 5.74) is 1.73. The van der Waals surface area contributed by atoms with Gasteiger partial charge in [-0.1, -0.05) is 82.3 Å². The van der Waals surface area contributed by atoms with E-state index in [-0.39, 0.29) is 12.4 Å². The van der Waals surface area contributed by atoms with Crippen LogP contribution >= 0.6 is 58.0 Å². The molecule has 1 heterocycles. The molecule has 2 aromatic rings. The number of pyridine rings is 1. The lowest BCUT2D eigenvalue weighted by Gasteiger charge is -2.16. The van der Waals surface area contributed by atoms with Crippen molar-refractivity contribution in [3.8, 4) is 0 Å². The largest absolute Gasteiger partial charge is 1.00 e. The van der Waals surface area contributed by atoms with Crippen molar-refractivity contribution < 1.29 is 17.4 Å². The number of aromatic nitrogens is 1. The van der Waals surface area contributed by atoms with E-state index in [1.165, 1.54) is 0 Å². The summed E-state index contributed by atoms with van der Waals surface area (Å²) in [6.07, 6.45) is 1.75. The summed E-state index contributed by atoms with van der Waals surface area (Å²) < 4.78 is -1.58. The van der Waals surface area contributed by atoms with Crippen molar-refractivity contribution in [1.29, 1.82) is 0 Å². The SMILES string of the molecule is Cl/C(=C(/Cl)c1ccccc1C(Cl)(Cl)Cl)c1cccc[nH+]1.[Cl-]. The number of hydrogen-bond acceptors (Lipinski definition) is 0. The van der Waals surface area contributed by atoms with E-state index >= 15 is 0 Å². The number of H-pyrrole nitrogens is 1. The molecule has 1 aromatic carbocycles. The van der Waals surface area contributed by atoms with Crippen molar-refractivity contribution in [2.45, 2.75) is 3.79 Å². The van der Waals surface area contributed by atoms with Crippen LogP contribution in [-0.4, -0.2) is 0 Å². The Bertz CT molecular complexity index is 633. The number of halogens is 6. The molecule has 0 bridgehead atoms. The van der Waals surface area contributed by atoms with Crippen LogP contribution in [0.25, 0.3) is 10.1 Å². The molecule has 0 saturated carbocycles. The highest BCUT2D eigenvalue weighted by atomic mass is 35.6. The van der Waals surface area contributed by atoms with Crippen molar-refractivity contribution in [1.82, 2.24) is 0 Å². The van der Waals surface area contributed by atoms with Crippen LogP contribution in [0.5, 0.6) is 0 Å². The second-order valence-electron chi connectivity index (χ2n) is 3.95. The van der Waals surface area contributed by atoms with Crippen molar-refractivity contribution >= 4 is 68.1 Å². The molecule has 1 aromatic heterocycles. The molecule has 0 fully saturated rings. The van der Waals surface area contributed by atoms with Crippen LogP contribution in [0.3, 0.4) is 0 Å². The highest BCUT2D eigenvalue weighted by Crippen LogP contribution is 2.44. The van der Waals surface area contributed by atoms with E-state index in [9.17, 15) is 0 Å². The van der Waals surface area contributed by atoms with Crippen LogP contribution < -0.4 is 17.4 Å². The summed E-state index contributed by atoms with van der Waals surface area (Å²) >= 11 is 30.5. The second-order valence-corrected chi connectivity index (χ2v) is 6.98. The molecule has 0 unspecified atom stereocenters. The Kier molecular flexibility index (Phi) is 7.12. The molecule has 1 nitrogen and oxygen atoms in total. The van der Waals surface area contributed by atoms with Crippen molar-refractivity contribution in [2.24, 2.45) is 0 Å². The molecule has 0 amide bonds. The molecule has 7 heteroatoms. The molecule has 0 spiro atoms. The van der Waals surface area contributed by atoms with Gasteiger partial charge in [-0.05, 0) is 6.07 Å². The molecule has 21 heavy (non-hydrogen) atoms. The van der Waals surface area contributed by atoms with Gasteiger partial charge in [0.15, 0.2) is 6.20 Å². The van der Waals surface area contributed by atoms with Crippen molar-refractivity contribution in [3.63, 3.8) is 0 Å². The minimum Gasteiger partial charge on any atom is -1.00 e. The van der Waals surface area contributed by atoms with Crippen molar-refractivity contribution in [3.05, 3.63) is 65.5 Å². The lowest BCUT2D eigenvalue weighted by molar-refractivity contribution is -0.381. The van der Waals surface area contributed by atoms with Crippen LogP contribution in [0, 0.1) is 0 Å². The molecule has 0 aliphatic rings. The maximum Gasteiger partial charge on any atom is 0.223 e. The highest BCUT2D eigenvalue weighted by Gasteiger charge is 2.27. The van der Waals surface area contributed by atoms with Gasteiger partial charge in [-0.2, -0.15) is 0 Å². The summed E-state index contributed by atoms with van der Waals surface area (Å²) in [6, 6.07) is 12.5. The molecule has 0 saturated heterocycles. The third-order valence-corrected chi connectivity index (χ3v) is 4.10. The van der Waals surface area contributed by atoms with Gasteiger partial charge in [-0.15, -0.1) is 0 Å². The Morgan fingerprint density at radius 2 is 1.48 bits per heavy atom. The molecular formula is C14H9Cl6N. The Labute approximate surface area is 154 Å². The molecule has 112 valence electrons. The number of rotatable bonds is 2. The molecule has 0 atom stereocenters. The number of aromatic amines is 1. The van der Waals surface area contributed by atoms with Gasteiger partial charge in [0.05, 0.1) is 5.03 Å². The maximum atomic E-state index is 6.35. The standard InChI is InChI=1S/C14H8Cl5N.ClH/c15-12(13(16)11-7-3-4-8-20-11)9-5-1-2-6-10(9)14(17,18)19;/h1-8H;1H/b13-12+;. The normalized spacial score (nSPS) is 12.4. The molecule has 0 radical (unpaired) electrons. The van der Waals surface area contributed by atoms with E-state index in [0.717, 1.165) is 0 Å². The summed E-state index contributed by atoms with van der Waals surface area (Å²) in [5, 5.41) is 0.671. The van der Waals surface area contributed by atoms with Crippen LogP contribution in [0.2, 0.25) is 0 Å². The molecule has 0 aliphatic heterocycles. The molecule has 0 aliphatic carbocycles. The van der Waals surface area contributed by atoms with Gasteiger partial charge in [0.2, 0.25) is 9.49 Å². The monoisotopic (exact) mass is 401 g/mol. The van der Waals surface area contributed by atoms with E-state index in [0.29, 0.717) is 26.9 Å². The number of hydrogen-bond donors (Lipinski definition) is 0. The zero-order valence-electron chi connectivity index (χ0n) is 10.4. The summed E-state index contributed by atoms with van der Waals surface area (Å²) in [4.78, 5) is 3.00. The average molecular weight is 404 g/mol. The lowest BCUT2D eigenvalue weighted by Crippen LogP contribution is -3.00. The quantitative estimate of drug-likeness (QED) is 0.684. The topological polar surface area (TPSA) is 14.1 Å². The van der Waals surface area contributed by atoms with Crippen LogP contribution in [-0.2, 0) is 3.79 Å². The van der Waals surface area contributed by atoms with E-state index in [1.54, 1.807) is 30.5 Å². The van der Waals surface area contributed by atoms with Gasteiger partial charge in [-0.3, -0.25) is 0 Å². The number of benzene rings is 1. The van der Waals surface area contributed by atoms with Gasteiger partial charge in [0.1, 0.15) is 5.03 Å². The third kappa shape index (κ3) is 4.66. The maximum absolute atomic E-state index is 6.35. The van der Waals surface area contributed by atoms with Crippen LogP contribution in [0.15, 0.2) is 48.7 Å². The molecule has 2 rings (SSSR count). The zero-order valence-corrected chi connectivity index (χ0v) is 14.9. The van der Waals surface area contributed by atoms with E-state index < -0.39 is 3.79 Å². The minimum atomic E-state index is -1.58. The predicted molar refractivity (Wildman–Crippen MR) is 87.2 cm³/mol. The first-order valence-electron chi connectivity index (χ1n) is 5.60. The first-order chi connectivity index (χ1) is 9.41. The van der Waals surface area contributed by atoms with E-state index in [2.05, 4.69) is 4.98 Å². The number of nitrogens with one attached hydrogen (secondary N) is 1. The Balaban J connectivity index is 0.00000220. The molecule has 1 N–H and O–H groups in total. The Morgan fingerprint density at radius 1 is 0.857 bits per heavy atom. The fraction of sp³-hybridized carbons (Fsp3) is 0.0714. The van der Waals surface area contributed by atoms with E-state index in [4.69, 9.17) is 58.0 Å². The average Bonchev–Trinajstić information content (AvgIpc) is 2.46. The number of alkyl halides is 3. The van der Waals surface area contributed by atoms with Gasteiger partial charge >= 0.3 is 0 Å². The Hall–Kier alpha value is -0.150. The van der Waals surface area contributed by atoms with Crippen molar-refractivity contribution in [2.75, 3.05) is 0 Å². The minimum absolute atomic E-state index is 0. The zero-order chi connectivity index (χ0) is 14.8. The summed E-state index contributed by atoms with van der Waals surface area (Å²) in [5.74, 6) is 0. The van der Waals surface area contributed by atoms with Gasteiger partial charge in [-0.25, -0.2) is 4.98 Å². The third-order valence-electron chi connectivity index (χ3n) is 2.61. The summed E-state index contributed by atoms with van der Waals surface area (Å²) in [7, 11) is 0. The predicted octanol–water partition coefficient (Wildman–Crippen LogP) is 2.63. The fourth-order valence-electron chi connectivity index (χ4n) is 1.69. The van der Waals surface area contributed by atoms with Gasteiger partial charge in [0.25, 0.3) is 0 Å². The van der Waals surface area contributed by atoms with Gasteiger partial charge in [0, 0.05) is 23.3 Å². The second kappa shape index (κ2) is 7.92. The first kappa shape index (κ1) is 18.9. The van der Waals surface area contributed by atoms with Gasteiger partial charge < -0.3 is 12.4 Å². The van der Waals surface area contributed by atoms with Crippen LogP contribution in [0.4, 0.5) is 0 Å². The van der Waals surface area contributed by atoms with Crippen LogP contribution in [0.1, 0.15) is 16.8 Å². The summed E-state index contributed by atoms with van der Waals surface area (Å²) in [6.45, 7) is 0.